The molecular weight excluding hydrogens is 174 g/mol. The first-order valence-corrected chi connectivity index (χ1v) is 4.63. The molecule has 2 N–H and O–H groups in total. The summed E-state index contributed by atoms with van der Waals surface area (Å²) in [7, 11) is 0. The Hall–Kier alpha value is -1.46. The van der Waals surface area contributed by atoms with Gasteiger partial charge in [0.2, 0.25) is 0 Å². The average molecular weight is 189 g/mol. The summed E-state index contributed by atoms with van der Waals surface area (Å²) in [6, 6.07) is 5.98. The highest BCUT2D eigenvalue weighted by molar-refractivity contribution is 5.36. The Morgan fingerprint density at radius 1 is 1.50 bits per heavy atom. The van der Waals surface area contributed by atoms with E-state index in [4.69, 9.17) is 16.9 Å². The topological polar surface area (TPSA) is 35.2 Å². The first-order chi connectivity index (χ1) is 6.77. The first-order valence-electron chi connectivity index (χ1n) is 4.63. The van der Waals surface area contributed by atoms with Crippen molar-refractivity contribution in [2.45, 2.75) is 19.9 Å². The molecule has 0 heterocycles. The Morgan fingerprint density at radius 3 is 2.93 bits per heavy atom. The third-order valence-electron chi connectivity index (χ3n) is 1.94. The average Bonchev–Trinajstić information content (AvgIpc) is 2.20. The molecule has 1 aromatic rings. The zero-order valence-electron chi connectivity index (χ0n) is 8.42. The second kappa shape index (κ2) is 5.31. The minimum absolute atomic E-state index is 0.493. The van der Waals surface area contributed by atoms with Gasteiger partial charge in [0.05, 0.1) is 6.61 Å². The third kappa shape index (κ3) is 2.79. The van der Waals surface area contributed by atoms with Crippen LogP contribution in [0.2, 0.25) is 0 Å². The van der Waals surface area contributed by atoms with Crippen LogP contribution in [0.5, 0.6) is 5.75 Å². The maximum absolute atomic E-state index is 5.60. The van der Waals surface area contributed by atoms with E-state index in [9.17, 15) is 0 Å². The van der Waals surface area contributed by atoms with E-state index in [2.05, 4.69) is 5.92 Å². The monoisotopic (exact) mass is 189 g/mol. The molecule has 0 aliphatic heterocycles. The Morgan fingerprint density at radius 2 is 2.29 bits per heavy atom. The van der Waals surface area contributed by atoms with Crippen LogP contribution in [-0.2, 0) is 6.54 Å². The van der Waals surface area contributed by atoms with Gasteiger partial charge in [-0.2, -0.15) is 0 Å². The minimum atomic E-state index is 0.493. The van der Waals surface area contributed by atoms with Crippen LogP contribution in [0.25, 0.3) is 0 Å². The van der Waals surface area contributed by atoms with E-state index in [1.54, 1.807) is 0 Å². The molecule has 0 atom stereocenters. The third-order valence-corrected chi connectivity index (χ3v) is 1.94. The summed E-state index contributed by atoms with van der Waals surface area (Å²) >= 11 is 0. The quantitative estimate of drug-likeness (QED) is 0.579. The largest absolute Gasteiger partial charge is 0.492 e. The van der Waals surface area contributed by atoms with E-state index in [1.165, 1.54) is 5.56 Å². The predicted molar refractivity (Wildman–Crippen MR) is 58.0 cm³/mol. The van der Waals surface area contributed by atoms with Crippen molar-refractivity contribution >= 4 is 0 Å². The number of nitrogens with two attached hydrogens (primary N) is 1. The second-order valence-electron chi connectivity index (χ2n) is 3.12. The summed E-state index contributed by atoms with van der Waals surface area (Å²) in [5, 5.41) is 0. The molecule has 0 spiro atoms. The maximum Gasteiger partial charge on any atom is 0.123 e. The van der Waals surface area contributed by atoms with Crippen LogP contribution in [0.3, 0.4) is 0 Å². The Kier molecular flexibility index (Phi) is 4.03. The number of hydrogen-bond acceptors (Lipinski definition) is 2. The van der Waals surface area contributed by atoms with Crippen LogP contribution in [0.4, 0.5) is 0 Å². The van der Waals surface area contributed by atoms with Crippen LogP contribution in [0, 0.1) is 19.3 Å². The van der Waals surface area contributed by atoms with Crippen LogP contribution in [0.1, 0.15) is 17.5 Å². The van der Waals surface area contributed by atoms with E-state index in [1.807, 2.05) is 25.1 Å². The van der Waals surface area contributed by atoms with Crippen molar-refractivity contribution in [3.63, 3.8) is 0 Å². The minimum Gasteiger partial charge on any atom is -0.492 e. The summed E-state index contributed by atoms with van der Waals surface area (Å²) in [5.41, 5.74) is 7.82. The van der Waals surface area contributed by atoms with Gasteiger partial charge in [-0.25, -0.2) is 0 Å². The van der Waals surface area contributed by atoms with E-state index >= 15 is 0 Å². The normalized spacial score (nSPS) is 9.50. The lowest BCUT2D eigenvalue weighted by Gasteiger charge is -2.09. The van der Waals surface area contributed by atoms with E-state index in [0.29, 0.717) is 19.6 Å². The zero-order valence-corrected chi connectivity index (χ0v) is 8.42. The Balaban J connectivity index is 2.71. The van der Waals surface area contributed by atoms with Gasteiger partial charge in [0, 0.05) is 18.5 Å². The summed E-state index contributed by atoms with van der Waals surface area (Å²) in [6.07, 6.45) is 5.76. The van der Waals surface area contributed by atoms with Crippen LogP contribution < -0.4 is 10.5 Å². The summed E-state index contributed by atoms with van der Waals surface area (Å²) in [6.45, 7) is 3.07. The highest BCUT2D eigenvalue weighted by atomic mass is 16.5. The Labute approximate surface area is 85.1 Å². The van der Waals surface area contributed by atoms with Gasteiger partial charge in [-0.15, -0.1) is 12.3 Å². The van der Waals surface area contributed by atoms with Crippen molar-refractivity contribution in [3.05, 3.63) is 29.3 Å². The molecular formula is C12H15NO. The molecule has 0 aromatic heterocycles. The lowest BCUT2D eigenvalue weighted by Crippen LogP contribution is -2.03. The van der Waals surface area contributed by atoms with Crippen molar-refractivity contribution in [3.8, 4) is 18.1 Å². The summed E-state index contributed by atoms with van der Waals surface area (Å²) in [4.78, 5) is 0. The van der Waals surface area contributed by atoms with E-state index < -0.39 is 0 Å². The van der Waals surface area contributed by atoms with Crippen molar-refractivity contribution < 1.29 is 4.74 Å². The number of rotatable bonds is 4. The molecule has 1 rings (SSSR count). The number of benzene rings is 1. The number of terminal acetylenes is 1. The van der Waals surface area contributed by atoms with Crippen LogP contribution in [-0.4, -0.2) is 6.61 Å². The molecule has 0 amide bonds. The van der Waals surface area contributed by atoms with Gasteiger partial charge in [0.15, 0.2) is 0 Å². The summed E-state index contributed by atoms with van der Waals surface area (Å²) in [5.74, 6) is 3.37. The molecule has 0 saturated heterocycles. The predicted octanol–water partition coefficient (Wildman–Crippen LogP) is 1.86. The lowest BCUT2D eigenvalue weighted by atomic mass is 10.1. The van der Waals surface area contributed by atoms with Crippen molar-refractivity contribution in [1.82, 2.24) is 0 Å². The second-order valence-corrected chi connectivity index (χ2v) is 3.12. The SMILES string of the molecule is C#CCCOc1ccc(C)cc1CN. The smallest absolute Gasteiger partial charge is 0.123 e. The molecule has 0 saturated carbocycles. The fourth-order valence-corrected chi connectivity index (χ4v) is 1.23. The molecule has 1 aromatic carbocycles. The Bertz CT molecular complexity index is 339. The number of hydrogen-bond donors (Lipinski definition) is 1. The molecule has 0 unspecified atom stereocenters. The highest BCUT2D eigenvalue weighted by Gasteiger charge is 2.01. The van der Waals surface area contributed by atoms with Gasteiger partial charge >= 0.3 is 0 Å². The van der Waals surface area contributed by atoms with Crippen LogP contribution >= 0.6 is 0 Å². The number of ether oxygens (including phenoxy) is 1. The molecule has 0 aliphatic carbocycles. The molecule has 0 aliphatic rings. The van der Waals surface area contributed by atoms with Gasteiger partial charge in [0.25, 0.3) is 0 Å². The molecule has 0 bridgehead atoms. The van der Waals surface area contributed by atoms with Crippen molar-refractivity contribution in [1.29, 1.82) is 0 Å². The van der Waals surface area contributed by atoms with Crippen molar-refractivity contribution in [2.24, 2.45) is 5.73 Å². The lowest BCUT2D eigenvalue weighted by molar-refractivity contribution is 0.324. The van der Waals surface area contributed by atoms with Crippen molar-refractivity contribution in [2.75, 3.05) is 6.61 Å². The van der Waals surface area contributed by atoms with Gasteiger partial charge < -0.3 is 10.5 Å². The van der Waals surface area contributed by atoms with E-state index in [-0.39, 0.29) is 0 Å². The highest BCUT2D eigenvalue weighted by Crippen LogP contribution is 2.19. The molecule has 74 valence electrons. The van der Waals surface area contributed by atoms with Gasteiger partial charge in [-0.1, -0.05) is 17.7 Å². The number of aryl methyl sites for hydroxylation is 1. The molecule has 0 radical (unpaired) electrons. The van der Waals surface area contributed by atoms with E-state index in [0.717, 1.165) is 11.3 Å². The fraction of sp³-hybridized carbons (Fsp3) is 0.333. The summed E-state index contributed by atoms with van der Waals surface area (Å²) < 4.78 is 5.50. The molecule has 2 nitrogen and oxygen atoms in total. The molecule has 14 heavy (non-hydrogen) atoms. The first kappa shape index (κ1) is 10.6. The molecule has 0 fully saturated rings. The maximum atomic E-state index is 5.60. The fourth-order valence-electron chi connectivity index (χ4n) is 1.23. The standard InChI is InChI=1S/C12H15NO/c1-3-4-7-14-12-6-5-10(2)8-11(12)9-13/h1,5-6,8H,4,7,9,13H2,2H3. The van der Waals surface area contributed by atoms with Crippen LogP contribution in [0.15, 0.2) is 18.2 Å². The van der Waals surface area contributed by atoms with Gasteiger partial charge in [-0.05, 0) is 13.0 Å². The molecule has 2 heteroatoms. The van der Waals surface area contributed by atoms with Gasteiger partial charge in [-0.3, -0.25) is 0 Å². The zero-order chi connectivity index (χ0) is 10.4. The van der Waals surface area contributed by atoms with Gasteiger partial charge in [0.1, 0.15) is 5.75 Å².